The summed E-state index contributed by atoms with van der Waals surface area (Å²) < 4.78 is 1.16. The first-order chi connectivity index (χ1) is 17.3. The van der Waals surface area contributed by atoms with Gasteiger partial charge < -0.3 is 15.0 Å². The van der Waals surface area contributed by atoms with Crippen LogP contribution in [0.4, 0.5) is 0 Å². The van der Waals surface area contributed by atoms with Crippen LogP contribution in [0.15, 0.2) is 59.6 Å². The van der Waals surface area contributed by atoms with E-state index >= 15 is 0 Å². The van der Waals surface area contributed by atoms with Gasteiger partial charge in [-0.1, -0.05) is 56.2 Å². The number of nitrogens with one attached hydrogen (secondary N) is 1. The van der Waals surface area contributed by atoms with Crippen molar-refractivity contribution in [1.29, 1.82) is 0 Å². The van der Waals surface area contributed by atoms with Crippen LogP contribution in [0.5, 0.6) is 0 Å². The van der Waals surface area contributed by atoms with Crippen molar-refractivity contribution in [3.05, 3.63) is 71.5 Å². The van der Waals surface area contributed by atoms with Gasteiger partial charge in [-0.05, 0) is 62.8 Å². The number of nitrogens with zero attached hydrogens (tertiary/aromatic N) is 2. The Morgan fingerprint density at radius 1 is 1.14 bits per heavy atom. The number of unbranched alkanes of at least 4 members (excludes halogenated alkanes) is 2. The maximum atomic E-state index is 13.3. The van der Waals surface area contributed by atoms with E-state index in [9.17, 15) is 14.7 Å². The second kappa shape index (κ2) is 11.3. The van der Waals surface area contributed by atoms with E-state index in [1.807, 2.05) is 36.5 Å². The van der Waals surface area contributed by atoms with Crippen molar-refractivity contribution < 1.29 is 14.7 Å². The average molecular weight is 506 g/mol. The van der Waals surface area contributed by atoms with Crippen LogP contribution in [0.25, 0.3) is 11.4 Å². The number of fused-ring (bicyclic) bond motifs is 1. The van der Waals surface area contributed by atoms with Gasteiger partial charge in [0.1, 0.15) is 16.3 Å². The third-order valence-corrected chi connectivity index (χ3v) is 7.88. The summed E-state index contributed by atoms with van der Waals surface area (Å²) in [6.07, 6.45) is 8.14. The molecule has 0 bridgehead atoms. The minimum absolute atomic E-state index is 0.00467. The average Bonchev–Trinajstić information content (AvgIpc) is 3.29. The zero-order valence-electron chi connectivity index (χ0n) is 21.3. The molecule has 1 aliphatic rings. The van der Waals surface area contributed by atoms with E-state index in [2.05, 4.69) is 35.0 Å². The molecule has 1 atom stereocenters. The van der Waals surface area contributed by atoms with E-state index in [1.54, 1.807) is 13.8 Å². The number of aromatic nitrogens is 2. The highest BCUT2D eigenvalue weighted by molar-refractivity contribution is 8.01. The maximum absolute atomic E-state index is 13.3. The summed E-state index contributed by atoms with van der Waals surface area (Å²) in [4.78, 5) is 30.4. The molecule has 3 aromatic rings. The molecule has 0 radical (unpaired) electrons. The summed E-state index contributed by atoms with van der Waals surface area (Å²) in [6, 6.07) is 16.1. The number of aliphatic carboxylic acids is 1. The van der Waals surface area contributed by atoms with E-state index in [0.29, 0.717) is 5.69 Å². The SMILES string of the molecule is CCCCCn1cc(C(=O)NC2CCCc3ccccc32)nc1-c1ccc(SC(C)(C)C(=O)O)cc1. The number of carbonyl (C=O) groups is 2. The van der Waals surface area contributed by atoms with Gasteiger partial charge in [0.2, 0.25) is 0 Å². The Balaban J connectivity index is 1.56. The fraction of sp³-hybridized carbons (Fsp3) is 0.414. The molecule has 1 aromatic heterocycles. The van der Waals surface area contributed by atoms with Crippen LogP contribution in [0, 0.1) is 0 Å². The standard InChI is InChI=1S/C29H35N3O3S/c1-4-5-8-18-32-19-25(27(33)31-24-13-9-11-20-10-6-7-12-23(20)24)30-26(32)21-14-16-22(17-15-21)36-29(2,3)28(34)35/h6-7,10,12,14-17,19,24H,4-5,8-9,11,13,18H2,1-3H3,(H,31,33)(H,34,35). The number of carbonyl (C=O) groups excluding carboxylic acids is 1. The number of benzene rings is 2. The van der Waals surface area contributed by atoms with Gasteiger partial charge in [0.25, 0.3) is 5.91 Å². The van der Waals surface area contributed by atoms with Crippen LogP contribution >= 0.6 is 11.8 Å². The van der Waals surface area contributed by atoms with Crippen molar-refractivity contribution in [2.45, 2.75) is 81.5 Å². The van der Waals surface area contributed by atoms with Crippen LogP contribution < -0.4 is 5.32 Å². The fourth-order valence-electron chi connectivity index (χ4n) is 4.60. The Kier molecular flexibility index (Phi) is 8.19. The van der Waals surface area contributed by atoms with Gasteiger partial charge in [-0.25, -0.2) is 4.98 Å². The van der Waals surface area contributed by atoms with Gasteiger partial charge in [0, 0.05) is 23.2 Å². The summed E-state index contributed by atoms with van der Waals surface area (Å²) in [5.41, 5.74) is 3.85. The lowest BCUT2D eigenvalue weighted by Crippen LogP contribution is -2.31. The van der Waals surface area contributed by atoms with Crippen molar-refractivity contribution in [1.82, 2.24) is 14.9 Å². The van der Waals surface area contributed by atoms with Gasteiger partial charge in [-0.3, -0.25) is 9.59 Å². The van der Waals surface area contributed by atoms with Crippen molar-refractivity contribution in [3.63, 3.8) is 0 Å². The predicted octanol–water partition coefficient (Wildman–Crippen LogP) is 6.50. The van der Waals surface area contributed by atoms with Crippen LogP contribution in [-0.2, 0) is 17.8 Å². The highest BCUT2D eigenvalue weighted by Crippen LogP contribution is 2.34. The molecule has 1 unspecified atom stereocenters. The highest BCUT2D eigenvalue weighted by atomic mass is 32.2. The Labute approximate surface area is 217 Å². The molecule has 1 aliphatic carbocycles. The van der Waals surface area contributed by atoms with Gasteiger partial charge in [-0.2, -0.15) is 0 Å². The molecule has 4 rings (SSSR count). The molecule has 2 N–H and O–H groups in total. The molecule has 0 aliphatic heterocycles. The normalized spacial score (nSPS) is 15.4. The van der Waals surface area contributed by atoms with Crippen molar-refractivity contribution in [2.24, 2.45) is 0 Å². The summed E-state index contributed by atoms with van der Waals surface area (Å²) >= 11 is 1.31. The summed E-state index contributed by atoms with van der Waals surface area (Å²) in [7, 11) is 0. The smallest absolute Gasteiger partial charge is 0.319 e. The minimum Gasteiger partial charge on any atom is -0.480 e. The number of imidazole rings is 1. The van der Waals surface area contributed by atoms with Gasteiger partial charge in [0.05, 0.1) is 6.04 Å². The number of carboxylic acids is 1. The molecule has 2 aromatic carbocycles. The number of hydrogen-bond donors (Lipinski definition) is 2. The topological polar surface area (TPSA) is 84.2 Å². The van der Waals surface area contributed by atoms with E-state index in [1.165, 1.54) is 22.9 Å². The Bertz CT molecular complexity index is 1220. The Morgan fingerprint density at radius 2 is 1.89 bits per heavy atom. The monoisotopic (exact) mass is 505 g/mol. The molecule has 36 heavy (non-hydrogen) atoms. The highest BCUT2D eigenvalue weighted by Gasteiger charge is 2.28. The van der Waals surface area contributed by atoms with Crippen LogP contribution in [-0.4, -0.2) is 31.3 Å². The minimum atomic E-state index is -0.914. The van der Waals surface area contributed by atoms with E-state index in [0.717, 1.165) is 61.4 Å². The number of rotatable bonds is 10. The fourth-order valence-corrected chi connectivity index (χ4v) is 5.55. The summed E-state index contributed by atoms with van der Waals surface area (Å²) in [6.45, 7) is 6.36. The lowest BCUT2D eigenvalue weighted by atomic mass is 9.88. The third kappa shape index (κ3) is 6.01. The first-order valence-corrected chi connectivity index (χ1v) is 13.6. The molecule has 0 spiro atoms. The van der Waals surface area contributed by atoms with Gasteiger partial charge >= 0.3 is 5.97 Å². The molecule has 0 saturated heterocycles. The van der Waals surface area contributed by atoms with Gasteiger partial charge in [-0.15, -0.1) is 11.8 Å². The van der Waals surface area contributed by atoms with Crippen LogP contribution in [0.3, 0.4) is 0 Å². The second-order valence-electron chi connectivity index (χ2n) is 9.91. The molecule has 190 valence electrons. The Hall–Kier alpha value is -3.06. The molecule has 1 heterocycles. The molecule has 1 amide bonds. The zero-order chi connectivity index (χ0) is 25.7. The Morgan fingerprint density at radius 3 is 2.61 bits per heavy atom. The van der Waals surface area contributed by atoms with Crippen LogP contribution in [0.1, 0.15) is 80.5 Å². The molecule has 6 nitrogen and oxygen atoms in total. The van der Waals surface area contributed by atoms with E-state index < -0.39 is 10.7 Å². The third-order valence-electron chi connectivity index (χ3n) is 6.69. The summed E-state index contributed by atoms with van der Waals surface area (Å²) in [5, 5.41) is 12.7. The quantitative estimate of drug-likeness (QED) is 0.243. The lowest BCUT2D eigenvalue weighted by molar-refractivity contribution is -0.138. The van der Waals surface area contributed by atoms with Crippen molar-refractivity contribution >= 4 is 23.6 Å². The van der Waals surface area contributed by atoms with Crippen molar-refractivity contribution in [3.8, 4) is 11.4 Å². The lowest BCUT2D eigenvalue weighted by Gasteiger charge is -2.26. The molecule has 7 heteroatoms. The first-order valence-electron chi connectivity index (χ1n) is 12.8. The summed E-state index contributed by atoms with van der Waals surface area (Å²) in [5.74, 6) is -0.240. The molecular weight excluding hydrogens is 470 g/mol. The molecule has 0 saturated carbocycles. The largest absolute Gasteiger partial charge is 0.480 e. The zero-order valence-corrected chi connectivity index (χ0v) is 22.1. The number of thioether (sulfide) groups is 1. The first kappa shape index (κ1) is 26.0. The molecule has 0 fully saturated rings. The number of carboxylic acid groups (broad SMARTS) is 1. The molecular formula is C29H35N3O3S. The predicted molar refractivity (Wildman–Crippen MR) is 144 cm³/mol. The maximum Gasteiger partial charge on any atom is 0.319 e. The van der Waals surface area contributed by atoms with E-state index in [4.69, 9.17) is 4.98 Å². The second-order valence-corrected chi connectivity index (χ2v) is 11.6. The van der Waals surface area contributed by atoms with E-state index in [-0.39, 0.29) is 11.9 Å². The number of amides is 1. The number of hydrogen-bond acceptors (Lipinski definition) is 4. The van der Waals surface area contributed by atoms with Crippen molar-refractivity contribution in [2.75, 3.05) is 0 Å². The van der Waals surface area contributed by atoms with Gasteiger partial charge in [0.15, 0.2) is 0 Å². The number of aryl methyl sites for hydroxylation is 2. The van der Waals surface area contributed by atoms with Crippen LogP contribution in [0.2, 0.25) is 0 Å².